The molecule has 0 aliphatic carbocycles. The Morgan fingerprint density at radius 2 is 2.11 bits per heavy atom. The van der Waals surface area contributed by atoms with Gasteiger partial charge in [-0.2, -0.15) is 0 Å². The summed E-state index contributed by atoms with van der Waals surface area (Å²) in [7, 11) is 4.03. The zero-order valence-corrected chi connectivity index (χ0v) is 20.3. The second-order valence-corrected chi connectivity index (χ2v) is 8.23. The lowest BCUT2D eigenvalue weighted by atomic mass is 10.3. The molecule has 3 aromatic rings. The van der Waals surface area contributed by atoms with Crippen molar-refractivity contribution in [2.24, 2.45) is 12.0 Å². The molecule has 28 heavy (non-hydrogen) atoms. The average Bonchev–Trinajstić information content (AvgIpc) is 3.42. The van der Waals surface area contributed by atoms with Crippen LogP contribution >= 0.6 is 46.7 Å². The number of nitrogens with one attached hydrogen (secondary N) is 1. The lowest BCUT2D eigenvalue weighted by molar-refractivity contribution is 0.482. The topological polar surface area (TPSA) is 71.2 Å². The number of hydrogen-bond donors (Lipinski definition) is 1. The molecule has 10 heteroatoms. The van der Waals surface area contributed by atoms with Gasteiger partial charge in [-0.1, -0.05) is 6.07 Å². The molecule has 0 aromatic carbocycles. The lowest BCUT2D eigenvalue weighted by Gasteiger charge is -2.22. The second kappa shape index (κ2) is 11.5. The summed E-state index contributed by atoms with van der Waals surface area (Å²) in [6.07, 6.45) is 3.74. The van der Waals surface area contributed by atoms with Gasteiger partial charge in [0.2, 0.25) is 0 Å². The Balaban J connectivity index is 0.00000280. The molecule has 0 bridgehead atoms. The summed E-state index contributed by atoms with van der Waals surface area (Å²) >= 11 is 3.47. The lowest BCUT2D eigenvalue weighted by Crippen LogP contribution is -2.41. The van der Waals surface area contributed by atoms with Crippen LogP contribution in [0, 0.1) is 6.92 Å². The van der Waals surface area contributed by atoms with E-state index in [0.29, 0.717) is 6.54 Å². The number of nitrogens with zero attached hydrogens (tertiary/aromatic N) is 6. The molecule has 0 saturated heterocycles. The van der Waals surface area contributed by atoms with Crippen LogP contribution < -0.4 is 5.32 Å². The molecular weight excluding hydrogens is 505 g/mol. The van der Waals surface area contributed by atoms with Crippen molar-refractivity contribution in [2.45, 2.75) is 26.3 Å². The molecule has 0 aliphatic heterocycles. The maximum absolute atomic E-state index is 4.78. The molecule has 3 rings (SSSR count). The molecule has 152 valence electrons. The minimum absolute atomic E-state index is 0. The zero-order valence-electron chi connectivity index (χ0n) is 16.3. The first-order valence-corrected chi connectivity index (χ1v) is 10.6. The van der Waals surface area contributed by atoms with Crippen LogP contribution in [-0.4, -0.2) is 50.7 Å². The zero-order chi connectivity index (χ0) is 19.1. The fourth-order valence-corrected chi connectivity index (χ4v) is 3.86. The van der Waals surface area contributed by atoms with Crippen molar-refractivity contribution in [1.82, 2.24) is 30.0 Å². The highest BCUT2D eigenvalue weighted by Crippen LogP contribution is 2.09. The minimum atomic E-state index is 0. The van der Waals surface area contributed by atoms with Crippen LogP contribution in [0.2, 0.25) is 0 Å². The van der Waals surface area contributed by atoms with Crippen LogP contribution in [0.1, 0.15) is 21.5 Å². The van der Waals surface area contributed by atoms with Crippen molar-refractivity contribution in [3.8, 4) is 0 Å². The van der Waals surface area contributed by atoms with E-state index in [1.807, 2.05) is 30.1 Å². The number of guanidine groups is 1. The third-order valence-corrected chi connectivity index (χ3v) is 6.07. The summed E-state index contributed by atoms with van der Waals surface area (Å²) in [5, 5.41) is 17.1. The van der Waals surface area contributed by atoms with Gasteiger partial charge >= 0.3 is 0 Å². The van der Waals surface area contributed by atoms with Gasteiger partial charge in [-0.3, -0.25) is 0 Å². The van der Waals surface area contributed by atoms with Crippen LogP contribution in [0.25, 0.3) is 0 Å². The van der Waals surface area contributed by atoms with Gasteiger partial charge in [0.15, 0.2) is 11.8 Å². The Kier molecular flexibility index (Phi) is 9.32. The highest BCUT2D eigenvalue weighted by molar-refractivity contribution is 14.0. The Bertz CT molecular complexity index is 844. The molecule has 0 amide bonds. The molecule has 0 fully saturated rings. The SMILES string of the molecule is Cc1nnc(CN=C(NCCc2cccs2)N(C)CCc2nccs2)n1C.I. The van der Waals surface area contributed by atoms with E-state index in [2.05, 4.69) is 50.0 Å². The highest BCUT2D eigenvalue weighted by Gasteiger charge is 2.10. The van der Waals surface area contributed by atoms with E-state index < -0.39 is 0 Å². The molecule has 7 nitrogen and oxygen atoms in total. The van der Waals surface area contributed by atoms with E-state index >= 15 is 0 Å². The maximum Gasteiger partial charge on any atom is 0.194 e. The molecule has 0 radical (unpaired) electrons. The number of rotatable bonds is 8. The molecule has 3 heterocycles. The molecule has 3 aromatic heterocycles. The fourth-order valence-electron chi connectivity index (χ4n) is 2.54. The van der Waals surface area contributed by atoms with Crippen molar-refractivity contribution in [2.75, 3.05) is 20.1 Å². The van der Waals surface area contributed by atoms with Crippen LogP contribution in [0.15, 0.2) is 34.1 Å². The number of aromatic nitrogens is 4. The molecule has 0 aliphatic rings. The molecule has 0 unspecified atom stereocenters. The van der Waals surface area contributed by atoms with Gasteiger partial charge in [0, 0.05) is 50.1 Å². The summed E-state index contributed by atoms with van der Waals surface area (Å²) in [5.41, 5.74) is 0. The van der Waals surface area contributed by atoms with Crippen molar-refractivity contribution < 1.29 is 0 Å². The molecule has 0 saturated carbocycles. The highest BCUT2D eigenvalue weighted by atomic mass is 127. The Morgan fingerprint density at radius 3 is 2.75 bits per heavy atom. The molecular formula is C18H26IN7S2. The largest absolute Gasteiger partial charge is 0.356 e. The van der Waals surface area contributed by atoms with Crippen molar-refractivity contribution in [3.05, 3.63) is 50.6 Å². The van der Waals surface area contributed by atoms with Crippen LogP contribution in [0.5, 0.6) is 0 Å². The van der Waals surface area contributed by atoms with Gasteiger partial charge in [-0.15, -0.1) is 56.8 Å². The molecule has 1 N–H and O–H groups in total. The first-order valence-electron chi connectivity index (χ1n) is 8.88. The second-order valence-electron chi connectivity index (χ2n) is 6.22. The first-order chi connectivity index (χ1) is 13.1. The Morgan fingerprint density at radius 1 is 1.25 bits per heavy atom. The van der Waals surface area contributed by atoms with Gasteiger partial charge in [0.1, 0.15) is 12.4 Å². The summed E-state index contributed by atoms with van der Waals surface area (Å²) < 4.78 is 1.97. The average molecular weight is 531 g/mol. The summed E-state index contributed by atoms with van der Waals surface area (Å²) in [5.74, 6) is 2.63. The van der Waals surface area contributed by atoms with E-state index in [1.54, 1.807) is 22.7 Å². The van der Waals surface area contributed by atoms with E-state index in [4.69, 9.17) is 4.99 Å². The smallest absolute Gasteiger partial charge is 0.194 e. The van der Waals surface area contributed by atoms with E-state index in [9.17, 15) is 0 Å². The number of hydrogen-bond acceptors (Lipinski definition) is 6. The summed E-state index contributed by atoms with van der Waals surface area (Å²) in [4.78, 5) is 12.7. The molecule has 0 atom stereocenters. The number of thiophene rings is 1. The maximum atomic E-state index is 4.78. The standard InChI is InChI=1S/C18H25N7S2.HI/c1-14-22-23-16(25(14)3)13-21-18(20-8-6-15-5-4-11-26-15)24(2)10-7-17-19-9-12-27-17;/h4-5,9,11-12H,6-8,10,13H2,1-3H3,(H,20,21);1H. The summed E-state index contributed by atoms with van der Waals surface area (Å²) in [6.45, 7) is 4.15. The van der Waals surface area contributed by atoms with E-state index in [1.165, 1.54) is 4.88 Å². The van der Waals surface area contributed by atoms with Gasteiger partial charge in [-0.05, 0) is 24.8 Å². The van der Waals surface area contributed by atoms with Crippen LogP contribution in [0.3, 0.4) is 0 Å². The van der Waals surface area contributed by atoms with Gasteiger partial charge < -0.3 is 14.8 Å². The van der Waals surface area contributed by atoms with Crippen molar-refractivity contribution in [3.63, 3.8) is 0 Å². The number of thiazole rings is 1. The Hall–Kier alpha value is -1.53. The number of halogens is 1. The van der Waals surface area contributed by atoms with Gasteiger partial charge in [-0.25, -0.2) is 9.98 Å². The fraction of sp³-hybridized carbons (Fsp3) is 0.444. The van der Waals surface area contributed by atoms with E-state index in [-0.39, 0.29) is 24.0 Å². The van der Waals surface area contributed by atoms with Gasteiger partial charge in [0.05, 0.1) is 5.01 Å². The first kappa shape index (κ1) is 22.8. The quantitative estimate of drug-likeness (QED) is 0.275. The van der Waals surface area contributed by atoms with Crippen LogP contribution in [-0.2, 0) is 26.4 Å². The number of aliphatic imine (C=N–C) groups is 1. The number of likely N-dealkylation sites (N-methyl/N-ethyl adjacent to an activating group) is 1. The molecule has 0 spiro atoms. The minimum Gasteiger partial charge on any atom is -0.356 e. The van der Waals surface area contributed by atoms with Crippen molar-refractivity contribution >= 4 is 52.6 Å². The summed E-state index contributed by atoms with van der Waals surface area (Å²) in [6, 6.07) is 4.25. The van der Waals surface area contributed by atoms with Crippen molar-refractivity contribution in [1.29, 1.82) is 0 Å². The predicted molar refractivity (Wildman–Crippen MR) is 127 cm³/mol. The monoisotopic (exact) mass is 531 g/mol. The Labute approximate surface area is 191 Å². The third kappa shape index (κ3) is 6.52. The normalized spacial score (nSPS) is 11.3. The van der Waals surface area contributed by atoms with Gasteiger partial charge in [0.25, 0.3) is 0 Å². The van der Waals surface area contributed by atoms with E-state index in [0.717, 1.165) is 48.5 Å². The predicted octanol–water partition coefficient (Wildman–Crippen LogP) is 3.12. The van der Waals surface area contributed by atoms with Crippen LogP contribution in [0.4, 0.5) is 0 Å². The number of aryl methyl sites for hydroxylation is 1. The third-order valence-electron chi connectivity index (χ3n) is 4.29.